The average Bonchev–Trinajstić information content (AvgIpc) is 2.73. The quantitative estimate of drug-likeness (QED) is 0.476. The molecule has 0 heterocycles. The van der Waals surface area contributed by atoms with Crippen LogP contribution in [-0.2, 0) is 20.9 Å². The fourth-order valence-electron chi connectivity index (χ4n) is 2.81. The molecule has 7 heteroatoms. The van der Waals surface area contributed by atoms with E-state index >= 15 is 0 Å². The molecule has 0 bridgehead atoms. The number of nitrogens with zero attached hydrogens (tertiary/aromatic N) is 1. The number of amides is 1. The molecule has 7 nitrogen and oxygen atoms in total. The lowest BCUT2D eigenvalue weighted by Gasteiger charge is -2.18. The van der Waals surface area contributed by atoms with Gasteiger partial charge in [0.15, 0.2) is 0 Å². The summed E-state index contributed by atoms with van der Waals surface area (Å²) in [7, 11) is 5.08. The Balaban J connectivity index is 1.88. The summed E-state index contributed by atoms with van der Waals surface area (Å²) < 4.78 is 15.5. The van der Waals surface area contributed by atoms with E-state index in [-0.39, 0.29) is 18.4 Å². The Morgan fingerprint density at radius 1 is 1.07 bits per heavy atom. The maximum absolute atomic E-state index is 12.4. The summed E-state index contributed by atoms with van der Waals surface area (Å²) in [5.41, 5.74) is 2.49. The lowest BCUT2D eigenvalue weighted by atomic mass is 10.1. The summed E-state index contributed by atoms with van der Waals surface area (Å²) in [5, 5.41) is 2.87. The molecule has 0 saturated carbocycles. The number of rotatable bonds is 10. The number of hydrogen-bond acceptors (Lipinski definition) is 6. The SMILES string of the molecule is CCOC(=O)C=Cc1ccc(NC(=O)CN(C)Cc2ccc(OC)cc2OC)cc1. The molecule has 0 aromatic heterocycles. The number of benzene rings is 2. The minimum atomic E-state index is -0.383. The zero-order valence-electron chi connectivity index (χ0n) is 17.8. The van der Waals surface area contributed by atoms with E-state index in [2.05, 4.69) is 5.32 Å². The molecule has 0 aliphatic heterocycles. The van der Waals surface area contributed by atoms with Crippen LogP contribution in [0.25, 0.3) is 6.08 Å². The molecule has 0 saturated heterocycles. The van der Waals surface area contributed by atoms with E-state index < -0.39 is 0 Å². The highest BCUT2D eigenvalue weighted by atomic mass is 16.5. The standard InChI is InChI=1S/C23H28N2O5/c1-5-30-23(27)13-8-17-6-10-19(11-7-17)24-22(26)16-25(2)15-18-9-12-20(28-3)14-21(18)29-4/h6-14H,5,15-16H2,1-4H3,(H,24,26). The normalized spacial score (nSPS) is 10.8. The van der Waals surface area contributed by atoms with E-state index in [4.69, 9.17) is 14.2 Å². The van der Waals surface area contributed by atoms with Crippen LogP contribution >= 0.6 is 0 Å². The molecule has 2 rings (SSSR count). The Bertz CT molecular complexity index is 878. The molecule has 0 fully saturated rings. The molecule has 0 radical (unpaired) electrons. The van der Waals surface area contributed by atoms with Crippen LogP contribution in [0.3, 0.4) is 0 Å². The van der Waals surface area contributed by atoms with Crippen LogP contribution < -0.4 is 14.8 Å². The van der Waals surface area contributed by atoms with Gasteiger partial charge in [0, 0.05) is 29.9 Å². The molecule has 2 aromatic carbocycles. The van der Waals surface area contributed by atoms with Gasteiger partial charge in [-0.05, 0) is 43.8 Å². The largest absolute Gasteiger partial charge is 0.497 e. The van der Waals surface area contributed by atoms with Gasteiger partial charge in [0.25, 0.3) is 0 Å². The van der Waals surface area contributed by atoms with Crippen molar-refractivity contribution in [1.82, 2.24) is 4.90 Å². The van der Waals surface area contributed by atoms with Crippen molar-refractivity contribution in [2.45, 2.75) is 13.5 Å². The second-order valence-electron chi connectivity index (χ2n) is 6.61. The zero-order valence-corrected chi connectivity index (χ0v) is 17.8. The van der Waals surface area contributed by atoms with Crippen LogP contribution in [0.1, 0.15) is 18.1 Å². The van der Waals surface area contributed by atoms with Crippen LogP contribution in [0.5, 0.6) is 11.5 Å². The second kappa shape index (κ2) is 11.6. The van der Waals surface area contributed by atoms with Crippen molar-refractivity contribution in [2.24, 2.45) is 0 Å². The molecule has 2 aromatic rings. The maximum atomic E-state index is 12.4. The number of carbonyl (C=O) groups excluding carboxylic acids is 2. The lowest BCUT2D eigenvalue weighted by molar-refractivity contribution is -0.137. The van der Waals surface area contributed by atoms with Crippen LogP contribution in [0, 0.1) is 0 Å². The minimum Gasteiger partial charge on any atom is -0.497 e. The van der Waals surface area contributed by atoms with Gasteiger partial charge in [0.2, 0.25) is 5.91 Å². The molecule has 1 amide bonds. The summed E-state index contributed by atoms with van der Waals surface area (Å²) in [5.74, 6) is 0.927. The fourth-order valence-corrected chi connectivity index (χ4v) is 2.81. The number of ether oxygens (including phenoxy) is 3. The van der Waals surface area contributed by atoms with Gasteiger partial charge in [-0.3, -0.25) is 9.69 Å². The number of esters is 1. The van der Waals surface area contributed by atoms with E-state index in [9.17, 15) is 9.59 Å². The Morgan fingerprint density at radius 2 is 1.80 bits per heavy atom. The molecule has 1 N–H and O–H groups in total. The predicted octanol–water partition coefficient (Wildman–Crippen LogP) is 3.35. The lowest BCUT2D eigenvalue weighted by Crippen LogP contribution is -2.29. The number of anilines is 1. The first-order chi connectivity index (χ1) is 14.4. The zero-order chi connectivity index (χ0) is 21.9. The molecule has 160 valence electrons. The molecule has 0 unspecified atom stereocenters. The second-order valence-corrected chi connectivity index (χ2v) is 6.61. The van der Waals surface area contributed by atoms with E-state index in [1.54, 1.807) is 39.4 Å². The first-order valence-electron chi connectivity index (χ1n) is 9.59. The number of hydrogen-bond donors (Lipinski definition) is 1. The van der Waals surface area contributed by atoms with Gasteiger partial charge in [-0.1, -0.05) is 18.2 Å². The van der Waals surface area contributed by atoms with Crippen LogP contribution in [0.2, 0.25) is 0 Å². The van der Waals surface area contributed by atoms with Crippen LogP contribution in [0.4, 0.5) is 5.69 Å². The fraction of sp³-hybridized carbons (Fsp3) is 0.304. The third-order valence-corrected chi connectivity index (χ3v) is 4.24. The van der Waals surface area contributed by atoms with Crippen molar-refractivity contribution < 1.29 is 23.8 Å². The highest BCUT2D eigenvalue weighted by Gasteiger charge is 2.11. The summed E-state index contributed by atoms with van der Waals surface area (Å²) in [6.45, 7) is 2.87. The number of methoxy groups -OCH3 is 2. The van der Waals surface area contributed by atoms with Crippen molar-refractivity contribution in [1.29, 1.82) is 0 Å². The monoisotopic (exact) mass is 412 g/mol. The molecule has 0 aliphatic rings. The van der Waals surface area contributed by atoms with Gasteiger partial charge < -0.3 is 19.5 Å². The van der Waals surface area contributed by atoms with Crippen molar-refractivity contribution in [3.8, 4) is 11.5 Å². The molecule has 0 aliphatic carbocycles. The Morgan fingerprint density at radius 3 is 2.43 bits per heavy atom. The average molecular weight is 412 g/mol. The Hall–Kier alpha value is -3.32. The Labute approximate surface area is 177 Å². The number of carbonyl (C=O) groups is 2. The van der Waals surface area contributed by atoms with Gasteiger partial charge in [-0.15, -0.1) is 0 Å². The summed E-state index contributed by atoms with van der Waals surface area (Å²) in [6, 6.07) is 12.8. The van der Waals surface area contributed by atoms with E-state index in [1.165, 1.54) is 6.08 Å². The Kier molecular flexibility index (Phi) is 8.90. The molecule has 0 spiro atoms. The summed E-state index contributed by atoms with van der Waals surface area (Å²) >= 11 is 0. The van der Waals surface area contributed by atoms with E-state index in [0.29, 0.717) is 24.6 Å². The van der Waals surface area contributed by atoms with Gasteiger partial charge in [0.1, 0.15) is 11.5 Å². The molecule has 30 heavy (non-hydrogen) atoms. The highest BCUT2D eigenvalue weighted by molar-refractivity contribution is 5.92. The summed E-state index contributed by atoms with van der Waals surface area (Å²) in [4.78, 5) is 25.6. The highest BCUT2D eigenvalue weighted by Crippen LogP contribution is 2.25. The van der Waals surface area contributed by atoms with Crippen LogP contribution in [-0.4, -0.2) is 51.2 Å². The van der Waals surface area contributed by atoms with Crippen molar-refractivity contribution in [3.63, 3.8) is 0 Å². The van der Waals surface area contributed by atoms with E-state index in [1.807, 2.05) is 42.3 Å². The predicted molar refractivity (Wildman–Crippen MR) is 117 cm³/mol. The third-order valence-electron chi connectivity index (χ3n) is 4.24. The third kappa shape index (κ3) is 7.25. The first-order valence-corrected chi connectivity index (χ1v) is 9.59. The summed E-state index contributed by atoms with van der Waals surface area (Å²) in [6.07, 6.45) is 3.04. The van der Waals surface area contributed by atoms with Crippen molar-refractivity contribution in [3.05, 3.63) is 59.7 Å². The molecular formula is C23H28N2O5. The van der Waals surface area contributed by atoms with Gasteiger partial charge >= 0.3 is 5.97 Å². The maximum Gasteiger partial charge on any atom is 0.330 e. The molecular weight excluding hydrogens is 384 g/mol. The van der Waals surface area contributed by atoms with Gasteiger partial charge in [-0.2, -0.15) is 0 Å². The first kappa shape index (κ1) is 23.0. The van der Waals surface area contributed by atoms with E-state index in [0.717, 1.165) is 16.9 Å². The smallest absolute Gasteiger partial charge is 0.330 e. The topological polar surface area (TPSA) is 77.1 Å². The van der Waals surface area contributed by atoms with Crippen molar-refractivity contribution in [2.75, 3.05) is 39.7 Å². The van der Waals surface area contributed by atoms with Gasteiger partial charge in [-0.25, -0.2) is 4.79 Å². The number of likely N-dealkylation sites (N-methyl/N-ethyl adjacent to an activating group) is 1. The van der Waals surface area contributed by atoms with Crippen molar-refractivity contribution >= 4 is 23.6 Å². The van der Waals surface area contributed by atoms with Crippen LogP contribution in [0.15, 0.2) is 48.5 Å². The van der Waals surface area contributed by atoms with Gasteiger partial charge in [0.05, 0.1) is 27.4 Å². The molecule has 0 atom stereocenters. The minimum absolute atomic E-state index is 0.125. The number of nitrogens with one attached hydrogen (secondary N) is 1.